The summed E-state index contributed by atoms with van der Waals surface area (Å²) >= 11 is 0. The highest BCUT2D eigenvalue weighted by Gasteiger charge is 2.34. The van der Waals surface area contributed by atoms with Crippen LogP contribution >= 0.6 is 7.14 Å². The Morgan fingerprint density at radius 3 is 1.75 bits per heavy atom. The Balaban J connectivity index is 2.05. The van der Waals surface area contributed by atoms with E-state index in [1.165, 1.54) is 43.8 Å². The molecule has 0 bridgehead atoms. The van der Waals surface area contributed by atoms with Crippen LogP contribution in [0.15, 0.2) is 72.8 Å². The topological polar surface area (TPSA) is 17.1 Å². The molecule has 4 aromatic carbocycles. The van der Waals surface area contributed by atoms with Crippen molar-refractivity contribution in [2.45, 2.75) is 64.9 Å². The van der Waals surface area contributed by atoms with Crippen molar-refractivity contribution in [3.05, 3.63) is 83.9 Å². The first-order valence-corrected chi connectivity index (χ1v) is 14.0. The lowest BCUT2D eigenvalue weighted by atomic mass is 9.88. The van der Waals surface area contributed by atoms with Crippen molar-refractivity contribution < 1.29 is 4.57 Å². The highest BCUT2D eigenvalue weighted by Crippen LogP contribution is 2.61. The average Bonchev–Trinajstić information content (AvgIpc) is 2.83. The number of hydrogen-bond donors (Lipinski definition) is 0. The minimum absolute atomic E-state index is 0.227. The summed E-state index contributed by atoms with van der Waals surface area (Å²) in [5.74, 6) is 0. The second-order valence-electron chi connectivity index (χ2n) is 9.33. The van der Waals surface area contributed by atoms with E-state index in [1.807, 2.05) is 0 Å². The van der Waals surface area contributed by atoms with Crippen molar-refractivity contribution in [1.82, 2.24) is 0 Å². The summed E-state index contributed by atoms with van der Waals surface area (Å²) < 4.78 is 14.5. The second kappa shape index (κ2) is 9.24. The van der Waals surface area contributed by atoms with Crippen LogP contribution in [0.3, 0.4) is 0 Å². The molecule has 1 nitrogen and oxygen atoms in total. The van der Waals surface area contributed by atoms with Gasteiger partial charge in [-0.3, -0.25) is 0 Å². The van der Waals surface area contributed by atoms with Gasteiger partial charge in [-0.05, 0) is 63.6 Å². The van der Waals surface area contributed by atoms with Gasteiger partial charge < -0.3 is 4.57 Å². The molecule has 4 rings (SSSR count). The molecule has 4 aromatic rings. The molecular weight excluding hydrogens is 407 g/mol. The van der Waals surface area contributed by atoms with Gasteiger partial charge in [0.1, 0.15) is 0 Å². The van der Waals surface area contributed by atoms with Crippen LogP contribution in [0.1, 0.15) is 51.7 Å². The van der Waals surface area contributed by atoms with Gasteiger partial charge in [-0.2, -0.15) is 0 Å². The van der Waals surface area contributed by atoms with E-state index < -0.39 is 7.14 Å². The molecule has 0 aromatic heterocycles. The Labute approximate surface area is 193 Å². The molecule has 0 aliphatic heterocycles. The highest BCUT2D eigenvalue weighted by atomic mass is 31.2. The molecule has 2 unspecified atom stereocenters. The standard InChI is InChI=1S/C30H35OP/c1-6-22(4)32(31,23(5)7-2)20-26-19-18-25-13-9-11-15-28(25)30(26)29-21(3)16-17-24-12-8-10-14-27(24)29/h8-19,22-23H,6-7,20H2,1-5H3. The van der Waals surface area contributed by atoms with Crippen LogP contribution in [-0.2, 0) is 10.7 Å². The lowest BCUT2D eigenvalue weighted by Crippen LogP contribution is -2.15. The fraction of sp³-hybridized carbons (Fsp3) is 0.333. The van der Waals surface area contributed by atoms with Crippen LogP contribution in [-0.4, -0.2) is 11.3 Å². The average molecular weight is 443 g/mol. The SMILES string of the molecule is CCC(C)P(=O)(Cc1ccc2ccccc2c1-c1c(C)ccc2ccccc12)C(C)CC. The third-order valence-corrected chi connectivity index (χ3v) is 12.0. The lowest BCUT2D eigenvalue weighted by molar-refractivity contribution is 0.551. The smallest absolute Gasteiger partial charge is 0.0972 e. The summed E-state index contributed by atoms with van der Waals surface area (Å²) in [4.78, 5) is 0. The third-order valence-electron chi connectivity index (χ3n) is 7.49. The molecule has 0 fully saturated rings. The number of benzene rings is 4. The van der Waals surface area contributed by atoms with Gasteiger partial charge in [-0.1, -0.05) is 100 Å². The molecule has 32 heavy (non-hydrogen) atoms. The summed E-state index contributed by atoms with van der Waals surface area (Å²) in [6.45, 7) is 10.9. The molecule has 0 saturated carbocycles. The van der Waals surface area contributed by atoms with Gasteiger partial charge in [0.25, 0.3) is 0 Å². The van der Waals surface area contributed by atoms with Gasteiger partial charge >= 0.3 is 0 Å². The van der Waals surface area contributed by atoms with E-state index in [1.54, 1.807) is 0 Å². The molecule has 0 N–H and O–H groups in total. The van der Waals surface area contributed by atoms with Gasteiger partial charge in [0.05, 0.1) is 7.14 Å². The molecule has 2 heteroatoms. The minimum atomic E-state index is -2.42. The predicted octanol–water partition coefficient (Wildman–Crippen LogP) is 9.43. The van der Waals surface area contributed by atoms with Crippen LogP contribution in [0.4, 0.5) is 0 Å². The lowest BCUT2D eigenvalue weighted by Gasteiger charge is -2.31. The Morgan fingerprint density at radius 1 is 0.688 bits per heavy atom. The molecular formula is C30H35OP. The molecule has 2 atom stereocenters. The van der Waals surface area contributed by atoms with Crippen LogP contribution in [0, 0.1) is 6.92 Å². The molecule has 0 amide bonds. The molecule has 0 aliphatic rings. The molecule has 0 saturated heterocycles. The van der Waals surface area contributed by atoms with E-state index in [2.05, 4.69) is 107 Å². The van der Waals surface area contributed by atoms with Crippen LogP contribution in [0.2, 0.25) is 0 Å². The van der Waals surface area contributed by atoms with E-state index in [-0.39, 0.29) is 11.3 Å². The van der Waals surface area contributed by atoms with Crippen molar-refractivity contribution in [3.63, 3.8) is 0 Å². The number of fused-ring (bicyclic) bond motifs is 2. The molecule has 0 radical (unpaired) electrons. The second-order valence-corrected chi connectivity index (χ2v) is 13.1. The summed E-state index contributed by atoms with van der Waals surface area (Å²) in [6, 6.07) is 26.2. The zero-order valence-electron chi connectivity index (χ0n) is 20.1. The first-order valence-electron chi connectivity index (χ1n) is 12.0. The summed E-state index contributed by atoms with van der Waals surface area (Å²) in [5.41, 5.74) is 5.50. The quantitative estimate of drug-likeness (QED) is 0.260. The van der Waals surface area contributed by atoms with Gasteiger partial charge in [0.2, 0.25) is 0 Å². The van der Waals surface area contributed by atoms with Crippen LogP contribution < -0.4 is 0 Å². The van der Waals surface area contributed by atoms with Gasteiger partial charge in [0.15, 0.2) is 0 Å². The largest absolute Gasteiger partial charge is 0.323 e. The van der Waals surface area contributed by atoms with Crippen LogP contribution in [0.25, 0.3) is 32.7 Å². The number of aryl methyl sites for hydroxylation is 1. The monoisotopic (exact) mass is 442 g/mol. The maximum atomic E-state index is 14.5. The van der Waals surface area contributed by atoms with Crippen molar-refractivity contribution in [2.75, 3.05) is 0 Å². The van der Waals surface area contributed by atoms with Crippen molar-refractivity contribution in [1.29, 1.82) is 0 Å². The molecule has 166 valence electrons. The zero-order chi connectivity index (χ0) is 22.9. The Hall–Kier alpha value is -2.37. The Kier molecular flexibility index (Phi) is 6.59. The fourth-order valence-corrected chi connectivity index (χ4v) is 8.61. The first kappa shape index (κ1) is 22.8. The minimum Gasteiger partial charge on any atom is -0.323 e. The van der Waals surface area contributed by atoms with Crippen LogP contribution in [0.5, 0.6) is 0 Å². The summed E-state index contributed by atoms with van der Waals surface area (Å²) in [6.07, 6.45) is 2.58. The zero-order valence-corrected chi connectivity index (χ0v) is 21.0. The van der Waals surface area contributed by atoms with E-state index in [0.29, 0.717) is 6.16 Å². The summed E-state index contributed by atoms with van der Waals surface area (Å²) in [5, 5.41) is 5.01. The third kappa shape index (κ3) is 3.93. The number of rotatable bonds is 7. The predicted molar refractivity (Wildman–Crippen MR) is 142 cm³/mol. The molecule has 0 aliphatic carbocycles. The van der Waals surface area contributed by atoms with Gasteiger partial charge in [-0.15, -0.1) is 0 Å². The highest BCUT2D eigenvalue weighted by molar-refractivity contribution is 7.64. The van der Waals surface area contributed by atoms with Crippen molar-refractivity contribution >= 4 is 28.7 Å². The van der Waals surface area contributed by atoms with E-state index in [4.69, 9.17) is 0 Å². The normalized spacial score (nSPS) is 15.5. The van der Waals surface area contributed by atoms with Gasteiger partial charge in [0, 0.05) is 17.5 Å². The fourth-order valence-electron chi connectivity index (χ4n) is 5.09. The van der Waals surface area contributed by atoms with Gasteiger partial charge in [-0.25, -0.2) is 0 Å². The van der Waals surface area contributed by atoms with E-state index in [0.717, 1.165) is 12.8 Å². The maximum Gasteiger partial charge on any atom is 0.0972 e. The number of hydrogen-bond acceptors (Lipinski definition) is 1. The van der Waals surface area contributed by atoms with Crippen molar-refractivity contribution in [3.8, 4) is 11.1 Å². The van der Waals surface area contributed by atoms with Crippen molar-refractivity contribution in [2.24, 2.45) is 0 Å². The van der Waals surface area contributed by atoms with E-state index in [9.17, 15) is 4.57 Å². The Morgan fingerprint density at radius 2 is 1.19 bits per heavy atom. The molecule has 0 heterocycles. The Bertz CT molecular complexity index is 1290. The van der Waals surface area contributed by atoms with E-state index >= 15 is 0 Å². The maximum absolute atomic E-state index is 14.5. The summed E-state index contributed by atoms with van der Waals surface area (Å²) in [7, 11) is -2.42. The first-order chi connectivity index (χ1) is 15.4. The molecule has 0 spiro atoms.